The second kappa shape index (κ2) is 9.11. The quantitative estimate of drug-likeness (QED) is 0.555. The van der Waals surface area contributed by atoms with Crippen LogP contribution in [-0.2, 0) is 11.3 Å². The van der Waals surface area contributed by atoms with Crippen LogP contribution in [0, 0.1) is 6.92 Å². The molecule has 28 heavy (non-hydrogen) atoms. The van der Waals surface area contributed by atoms with Crippen LogP contribution in [0.1, 0.15) is 11.8 Å². The number of hydrogen-bond acceptors (Lipinski definition) is 7. The first-order valence-electron chi connectivity index (χ1n) is 8.69. The van der Waals surface area contributed by atoms with Gasteiger partial charge >= 0.3 is 0 Å². The van der Waals surface area contributed by atoms with Gasteiger partial charge in [-0.3, -0.25) is 4.79 Å². The molecule has 0 radical (unpaired) electrons. The first-order chi connectivity index (χ1) is 13.5. The molecule has 9 heteroatoms. The Labute approximate surface area is 172 Å². The SMILES string of the molecule is CCn1c(SCC(=O)Nc2cc(OC)ccc2OC)nnc1-c1csc(C)c1. The van der Waals surface area contributed by atoms with Crippen molar-refractivity contribution < 1.29 is 14.3 Å². The van der Waals surface area contributed by atoms with Crippen molar-refractivity contribution in [1.82, 2.24) is 14.8 Å². The van der Waals surface area contributed by atoms with E-state index in [-0.39, 0.29) is 11.7 Å². The van der Waals surface area contributed by atoms with Gasteiger partial charge in [0, 0.05) is 28.4 Å². The minimum atomic E-state index is -0.157. The number of benzene rings is 1. The fraction of sp³-hybridized carbons (Fsp3) is 0.316. The van der Waals surface area contributed by atoms with E-state index < -0.39 is 0 Å². The third kappa shape index (κ3) is 4.48. The number of anilines is 1. The van der Waals surface area contributed by atoms with Gasteiger partial charge in [-0.1, -0.05) is 11.8 Å². The normalized spacial score (nSPS) is 10.7. The van der Waals surface area contributed by atoms with Gasteiger partial charge in [0.1, 0.15) is 11.5 Å². The van der Waals surface area contributed by atoms with E-state index in [4.69, 9.17) is 9.47 Å². The number of rotatable bonds is 8. The molecular formula is C19H22N4O3S2. The maximum absolute atomic E-state index is 12.4. The Morgan fingerprint density at radius 1 is 1.25 bits per heavy atom. The number of carbonyl (C=O) groups excluding carboxylic acids is 1. The Kier molecular flexibility index (Phi) is 6.58. The molecule has 0 bridgehead atoms. The summed E-state index contributed by atoms with van der Waals surface area (Å²) in [5.74, 6) is 2.09. The number of carbonyl (C=O) groups is 1. The van der Waals surface area contributed by atoms with E-state index in [2.05, 4.69) is 33.9 Å². The van der Waals surface area contributed by atoms with Gasteiger partial charge in [0.2, 0.25) is 5.91 Å². The number of methoxy groups -OCH3 is 2. The number of nitrogens with zero attached hydrogens (tertiary/aromatic N) is 3. The molecule has 7 nitrogen and oxygen atoms in total. The molecule has 0 aliphatic heterocycles. The number of ether oxygens (including phenoxy) is 2. The van der Waals surface area contributed by atoms with Gasteiger partial charge in [0.15, 0.2) is 11.0 Å². The molecule has 3 rings (SSSR count). The highest BCUT2D eigenvalue weighted by molar-refractivity contribution is 7.99. The topological polar surface area (TPSA) is 78.3 Å². The van der Waals surface area contributed by atoms with E-state index in [0.717, 1.165) is 17.9 Å². The molecule has 1 N–H and O–H groups in total. The highest BCUT2D eigenvalue weighted by Gasteiger charge is 2.16. The van der Waals surface area contributed by atoms with Crippen molar-refractivity contribution in [3.63, 3.8) is 0 Å². The van der Waals surface area contributed by atoms with E-state index in [1.54, 1.807) is 43.8 Å². The van der Waals surface area contributed by atoms with Crippen LogP contribution >= 0.6 is 23.1 Å². The fourth-order valence-corrected chi connectivity index (χ4v) is 4.17. The molecule has 1 aromatic carbocycles. The number of aromatic nitrogens is 3. The maximum atomic E-state index is 12.4. The number of thioether (sulfide) groups is 1. The second-order valence-corrected chi connectivity index (χ2v) is 7.96. The molecule has 0 atom stereocenters. The maximum Gasteiger partial charge on any atom is 0.234 e. The third-order valence-electron chi connectivity index (χ3n) is 4.03. The van der Waals surface area contributed by atoms with Gasteiger partial charge in [-0.2, -0.15) is 0 Å². The summed E-state index contributed by atoms with van der Waals surface area (Å²) in [6, 6.07) is 7.36. The summed E-state index contributed by atoms with van der Waals surface area (Å²) in [6.45, 7) is 4.83. The van der Waals surface area contributed by atoms with Crippen molar-refractivity contribution in [2.24, 2.45) is 0 Å². The zero-order chi connectivity index (χ0) is 20.1. The van der Waals surface area contributed by atoms with Crippen LogP contribution in [0.25, 0.3) is 11.4 Å². The standard InChI is InChI=1S/C19H22N4O3S2/c1-5-23-18(13-8-12(2)27-10-13)21-22-19(23)28-11-17(24)20-15-9-14(25-3)6-7-16(15)26-4/h6-10H,5,11H2,1-4H3,(H,20,24). The van der Waals surface area contributed by atoms with E-state index in [0.29, 0.717) is 22.3 Å². The monoisotopic (exact) mass is 418 g/mol. The zero-order valence-electron chi connectivity index (χ0n) is 16.2. The van der Waals surface area contributed by atoms with Crippen LogP contribution in [0.5, 0.6) is 11.5 Å². The third-order valence-corrected chi connectivity index (χ3v) is 5.86. The lowest BCUT2D eigenvalue weighted by atomic mass is 10.2. The summed E-state index contributed by atoms with van der Waals surface area (Å²) in [4.78, 5) is 13.7. The van der Waals surface area contributed by atoms with Crippen LogP contribution in [-0.4, -0.2) is 40.6 Å². The molecule has 0 aliphatic rings. The zero-order valence-corrected chi connectivity index (χ0v) is 17.8. The van der Waals surface area contributed by atoms with E-state index in [1.807, 2.05) is 11.5 Å². The molecule has 0 saturated heterocycles. The Morgan fingerprint density at radius 3 is 2.71 bits per heavy atom. The minimum Gasteiger partial charge on any atom is -0.497 e. The second-order valence-electron chi connectivity index (χ2n) is 5.90. The smallest absolute Gasteiger partial charge is 0.234 e. The van der Waals surface area contributed by atoms with Gasteiger partial charge in [-0.25, -0.2) is 0 Å². The summed E-state index contributed by atoms with van der Waals surface area (Å²) < 4.78 is 12.5. The molecule has 148 valence electrons. The lowest BCUT2D eigenvalue weighted by molar-refractivity contribution is -0.113. The molecule has 2 aromatic heterocycles. The molecular weight excluding hydrogens is 396 g/mol. The largest absolute Gasteiger partial charge is 0.497 e. The molecule has 0 aliphatic carbocycles. The van der Waals surface area contributed by atoms with Crippen LogP contribution in [0.4, 0.5) is 5.69 Å². The Bertz CT molecular complexity index is 968. The summed E-state index contributed by atoms with van der Waals surface area (Å²) in [5.41, 5.74) is 1.62. The van der Waals surface area contributed by atoms with Gasteiger partial charge in [0.25, 0.3) is 0 Å². The average molecular weight is 419 g/mol. The lowest BCUT2D eigenvalue weighted by Crippen LogP contribution is -2.15. The first-order valence-corrected chi connectivity index (χ1v) is 10.6. The average Bonchev–Trinajstić information content (AvgIpc) is 3.31. The minimum absolute atomic E-state index is 0.157. The van der Waals surface area contributed by atoms with Crippen molar-refractivity contribution in [2.75, 3.05) is 25.3 Å². The Balaban J connectivity index is 1.69. The summed E-state index contributed by atoms with van der Waals surface area (Å²) in [7, 11) is 3.14. The predicted octanol–water partition coefficient (Wildman–Crippen LogP) is 4.08. The van der Waals surface area contributed by atoms with E-state index >= 15 is 0 Å². The van der Waals surface area contributed by atoms with Crippen LogP contribution in [0.2, 0.25) is 0 Å². The van der Waals surface area contributed by atoms with Crippen LogP contribution in [0.15, 0.2) is 34.8 Å². The van der Waals surface area contributed by atoms with Crippen molar-refractivity contribution in [3.8, 4) is 22.9 Å². The molecule has 0 fully saturated rings. The van der Waals surface area contributed by atoms with Crippen LogP contribution in [0.3, 0.4) is 0 Å². The number of nitrogens with one attached hydrogen (secondary N) is 1. The first kappa shape index (κ1) is 20.2. The van der Waals surface area contributed by atoms with E-state index in [1.165, 1.54) is 16.6 Å². The molecule has 0 spiro atoms. The van der Waals surface area contributed by atoms with Crippen LogP contribution < -0.4 is 14.8 Å². The molecule has 2 heterocycles. The van der Waals surface area contributed by atoms with Crippen molar-refractivity contribution >= 4 is 34.7 Å². The number of thiophene rings is 1. The van der Waals surface area contributed by atoms with Crippen molar-refractivity contribution in [3.05, 3.63) is 34.5 Å². The Morgan fingerprint density at radius 2 is 2.07 bits per heavy atom. The van der Waals surface area contributed by atoms with Gasteiger partial charge in [0.05, 0.1) is 25.7 Å². The van der Waals surface area contributed by atoms with E-state index in [9.17, 15) is 4.79 Å². The molecule has 0 unspecified atom stereocenters. The van der Waals surface area contributed by atoms with Gasteiger partial charge in [-0.05, 0) is 32.0 Å². The summed E-state index contributed by atoms with van der Waals surface area (Å²) >= 11 is 3.03. The van der Waals surface area contributed by atoms with Crippen molar-refractivity contribution in [2.45, 2.75) is 25.5 Å². The summed E-state index contributed by atoms with van der Waals surface area (Å²) in [5, 5.41) is 14.2. The number of hydrogen-bond donors (Lipinski definition) is 1. The van der Waals surface area contributed by atoms with Crippen molar-refractivity contribution in [1.29, 1.82) is 0 Å². The highest BCUT2D eigenvalue weighted by Crippen LogP contribution is 2.30. The summed E-state index contributed by atoms with van der Waals surface area (Å²) in [6.07, 6.45) is 0. The molecule has 1 amide bonds. The fourth-order valence-electron chi connectivity index (χ4n) is 2.68. The van der Waals surface area contributed by atoms with Gasteiger partial charge < -0.3 is 19.4 Å². The Hall–Kier alpha value is -2.52. The molecule has 0 saturated carbocycles. The lowest BCUT2D eigenvalue weighted by Gasteiger charge is -2.11. The predicted molar refractivity (Wildman–Crippen MR) is 113 cm³/mol. The molecule has 3 aromatic rings. The van der Waals surface area contributed by atoms with Gasteiger partial charge in [-0.15, -0.1) is 21.5 Å². The number of amides is 1. The highest BCUT2D eigenvalue weighted by atomic mass is 32.2. The number of aryl methyl sites for hydroxylation is 1.